The third kappa shape index (κ3) is 2.81. The van der Waals surface area contributed by atoms with Crippen molar-refractivity contribution in [2.45, 2.75) is 32.0 Å². The predicted octanol–water partition coefficient (Wildman–Crippen LogP) is 3.51. The zero-order valence-corrected chi connectivity index (χ0v) is 12.2. The molecule has 20 heavy (non-hydrogen) atoms. The molecule has 0 bridgehead atoms. The van der Waals surface area contributed by atoms with E-state index in [0.717, 1.165) is 30.8 Å². The third-order valence-electron chi connectivity index (χ3n) is 3.59. The quantitative estimate of drug-likeness (QED) is 0.937. The average molecular weight is 292 g/mol. The average Bonchev–Trinajstić information content (AvgIpc) is 3.08. The maximum atomic E-state index is 6.32. The smallest absolute Gasteiger partial charge is 0.0992 e. The van der Waals surface area contributed by atoms with Crippen molar-refractivity contribution in [3.63, 3.8) is 0 Å². The van der Waals surface area contributed by atoms with Crippen LogP contribution in [0.1, 0.15) is 19.8 Å². The molecule has 0 amide bonds. The first kappa shape index (κ1) is 13.5. The van der Waals surface area contributed by atoms with E-state index in [1.54, 1.807) is 12.5 Å². The Bertz CT molecular complexity index is 571. The van der Waals surface area contributed by atoms with Crippen LogP contribution in [-0.2, 0) is 4.74 Å². The minimum Gasteiger partial charge on any atom is -0.381 e. The molecule has 2 heterocycles. The summed E-state index contributed by atoms with van der Waals surface area (Å²) in [6, 6.07) is 5.86. The van der Waals surface area contributed by atoms with Gasteiger partial charge < -0.3 is 14.6 Å². The molecular formula is C15H18ClN3O. The fraction of sp³-hybridized carbons (Fsp3) is 0.400. The lowest BCUT2D eigenvalue weighted by molar-refractivity contribution is 0.0637. The highest BCUT2D eigenvalue weighted by atomic mass is 35.5. The van der Waals surface area contributed by atoms with E-state index in [1.165, 1.54) is 0 Å². The van der Waals surface area contributed by atoms with Crippen LogP contribution >= 0.6 is 11.6 Å². The molecular weight excluding hydrogens is 274 g/mol. The number of ether oxygens (including phenoxy) is 1. The summed E-state index contributed by atoms with van der Waals surface area (Å²) < 4.78 is 7.75. The summed E-state index contributed by atoms with van der Waals surface area (Å²) in [5.41, 5.74) is 1.93. The maximum absolute atomic E-state index is 6.32. The number of benzene rings is 1. The normalized spacial score (nSPS) is 22.1. The molecule has 1 N–H and O–H groups in total. The van der Waals surface area contributed by atoms with E-state index >= 15 is 0 Å². The minimum absolute atomic E-state index is 0.277. The zero-order valence-electron chi connectivity index (χ0n) is 11.4. The van der Waals surface area contributed by atoms with Gasteiger partial charge in [0, 0.05) is 18.9 Å². The molecule has 1 aromatic heterocycles. The largest absolute Gasteiger partial charge is 0.381 e. The van der Waals surface area contributed by atoms with Crippen LogP contribution in [0.2, 0.25) is 5.02 Å². The van der Waals surface area contributed by atoms with Gasteiger partial charge in [0.25, 0.3) is 0 Å². The molecule has 2 unspecified atom stereocenters. The summed E-state index contributed by atoms with van der Waals surface area (Å²) in [5.74, 6) is 0. The van der Waals surface area contributed by atoms with E-state index in [-0.39, 0.29) is 6.10 Å². The summed E-state index contributed by atoms with van der Waals surface area (Å²) in [5, 5.41) is 4.15. The van der Waals surface area contributed by atoms with Gasteiger partial charge in [0.1, 0.15) is 0 Å². The van der Waals surface area contributed by atoms with Gasteiger partial charge in [0.2, 0.25) is 0 Å². The highest BCUT2D eigenvalue weighted by Gasteiger charge is 2.21. The highest BCUT2D eigenvalue weighted by Crippen LogP contribution is 2.29. The summed E-state index contributed by atoms with van der Waals surface area (Å²) in [6.45, 7) is 2.92. The minimum atomic E-state index is 0.277. The topological polar surface area (TPSA) is 39.1 Å². The molecule has 106 valence electrons. The second-order valence-electron chi connectivity index (χ2n) is 5.13. The molecule has 0 spiro atoms. The Hall–Kier alpha value is -1.52. The number of halogens is 1. The van der Waals surface area contributed by atoms with Crippen molar-refractivity contribution in [3.05, 3.63) is 41.9 Å². The number of nitrogens with one attached hydrogen (secondary N) is 1. The fourth-order valence-electron chi connectivity index (χ4n) is 2.57. The van der Waals surface area contributed by atoms with Crippen LogP contribution < -0.4 is 5.32 Å². The Morgan fingerprint density at radius 2 is 2.35 bits per heavy atom. The number of nitrogens with zero attached hydrogens (tertiary/aromatic N) is 2. The molecule has 0 saturated carbocycles. The Morgan fingerprint density at radius 1 is 1.45 bits per heavy atom. The number of rotatable bonds is 4. The molecule has 1 fully saturated rings. The van der Waals surface area contributed by atoms with Crippen molar-refractivity contribution < 1.29 is 4.74 Å². The summed E-state index contributed by atoms with van der Waals surface area (Å²) >= 11 is 6.32. The summed E-state index contributed by atoms with van der Waals surface area (Å²) in [6.07, 6.45) is 8.27. The Labute approximate surface area is 123 Å². The standard InChI is InChI=1S/C15H18ClN3O/c1-11-5-6-12(20-11)9-18-14-4-2-3-13(16)15(14)19-8-7-17-10-19/h2-4,7-8,10-12,18H,5-6,9H2,1H3. The van der Waals surface area contributed by atoms with Crippen molar-refractivity contribution in [1.82, 2.24) is 9.55 Å². The van der Waals surface area contributed by atoms with Gasteiger partial charge in [-0.25, -0.2) is 4.98 Å². The predicted molar refractivity (Wildman–Crippen MR) is 80.6 cm³/mol. The summed E-state index contributed by atoms with van der Waals surface area (Å²) in [7, 11) is 0. The van der Waals surface area contributed by atoms with Crippen molar-refractivity contribution >= 4 is 17.3 Å². The number of aromatic nitrogens is 2. The van der Waals surface area contributed by atoms with E-state index in [2.05, 4.69) is 17.2 Å². The molecule has 1 saturated heterocycles. The van der Waals surface area contributed by atoms with Crippen LogP contribution in [0, 0.1) is 0 Å². The van der Waals surface area contributed by atoms with Crippen molar-refractivity contribution in [2.75, 3.05) is 11.9 Å². The van der Waals surface area contributed by atoms with Crippen molar-refractivity contribution in [3.8, 4) is 5.69 Å². The first-order chi connectivity index (χ1) is 9.74. The molecule has 4 nitrogen and oxygen atoms in total. The Morgan fingerprint density at radius 3 is 3.05 bits per heavy atom. The number of imidazole rings is 1. The van der Waals surface area contributed by atoms with Gasteiger partial charge in [0.05, 0.1) is 34.9 Å². The van der Waals surface area contributed by atoms with Crippen molar-refractivity contribution in [1.29, 1.82) is 0 Å². The fourth-order valence-corrected chi connectivity index (χ4v) is 2.84. The lowest BCUT2D eigenvalue weighted by atomic mass is 10.2. The molecule has 2 aromatic rings. The molecule has 1 aliphatic heterocycles. The Balaban J connectivity index is 1.78. The van der Waals surface area contributed by atoms with Crippen LogP contribution in [0.25, 0.3) is 5.69 Å². The van der Waals surface area contributed by atoms with Crippen LogP contribution in [0.5, 0.6) is 0 Å². The van der Waals surface area contributed by atoms with E-state index in [0.29, 0.717) is 11.1 Å². The van der Waals surface area contributed by atoms with Gasteiger partial charge >= 0.3 is 0 Å². The van der Waals surface area contributed by atoms with Gasteiger partial charge in [-0.1, -0.05) is 17.7 Å². The van der Waals surface area contributed by atoms with Crippen LogP contribution in [0.3, 0.4) is 0 Å². The first-order valence-electron chi connectivity index (χ1n) is 6.90. The van der Waals surface area contributed by atoms with Crippen molar-refractivity contribution in [2.24, 2.45) is 0 Å². The van der Waals surface area contributed by atoms with Crippen LogP contribution in [-0.4, -0.2) is 28.3 Å². The van der Waals surface area contributed by atoms with E-state index < -0.39 is 0 Å². The van der Waals surface area contributed by atoms with Gasteiger partial charge in [-0.15, -0.1) is 0 Å². The number of anilines is 1. The van der Waals surface area contributed by atoms with E-state index in [1.807, 2.05) is 29.0 Å². The van der Waals surface area contributed by atoms with E-state index in [4.69, 9.17) is 16.3 Å². The lowest BCUT2D eigenvalue weighted by Crippen LogP contribution is -2.20. The van der Waals surface area contributed by atoms with E-state index in [9.17, 15) is 0 Å². The second kappa shape index (κ2) is 5.85. The molecule has 3 rings (SSSR count). The Kier molecular flexibility index (Phi) is 3.94. The SMILES string of the molecule is CC1CCC(CNc2cccc(Cl)c2-n2ccnc2)O1. The van der Waals surface area contributed by atoms with Gasteiger partial charge in [-0.2, -0.15) is 0 Å². The number of hydrogen-bond donors (Lipinski definition) is 1. The highest BCUT2D eigenvalue weighted by molar-refractivity contribution is 6.33. The molecule has 0 aliphatic carbocycles. The molecule has 1 aliphatic rings. The first-order valence-corrected chi connectivity index (χ1v) is 7.28. The molecule has 5 heteroatoms. The van der Waals surface area contributed by atoms with Crippen LogP contribution in [0.15, 0.2) is 36.9 Å². The van der Waals surface area contributed by atoms with Crippen LogP contribution in [0.4, 0.5) is 5.69 Å². The third-order valence-corrected chi connectivity index (χ3v) is 3.89. The monoisotopic (exact) mass is 291 g/mol. The van der Waals surface area contributed by atoms with Gasteiger partial charge in [-0.05, 0) is 31.9 Å². The second-order valence-corrected chi connectivity index (χ2v) is 5.54. The zero-order chi connectivity index (χ0) is 13.9. The van der Waals surface area contributed by atoms with Gasteiger partial charge in [-0.3, -0.25) is 0 Å². The molecule has 2 atom stereocenters. The molecule has 1 aromatic carbocycles. The number of para-hydroxylation sites is 1. The lowest BCUT2D eigenvalue weighted by Gasteiger charge is -2.17. The molecule has 0 radical (unpaired) electrons. The summed E-state index contributed by atoms with van der Waals surface area (Å²) in [4.78, 5) is 4.08. The van der Waals surface area contributed by atoms with Gasteiger partial charge in [0.15, 0.2) is 0 Å². The maximum Gasteiger partial charge on any atom is 0.0992 e. The number of hydrogen-bond acceptors (Lipinski definition) is 3.